The van der Waals surface area contributed by atoms with E-state index < -0.39 is 23.0 Å². The largest absolute Gasteiger partial charge is 0.353 e. The highest BCUT2D eigenvalue weighted by molar-refractivity contribution is 5.98. The highest BCUT2D eigenvalue weighted by Crippen LogP contribution is 2.39. The Kier molecular flexibility index (Phi) is 5.54. The van der Waals surface area contributed by atoms with E-state index in [1.807, 2.05) is 20.8 Å². The summed E-state index contributed by atoms with van der Waals surface area (Å²) in [6, 6.07) is 4.75. The Hall–Kier alpha value is -2.48. The number of ether oxygens (including phenoxy) is 1. The van der Waals surface area contributed by atoms with Crippen molar-refractivity contribution in [2.75, 3.05) is 19.7 Å². The predicted molar refractivity (Wildman–Crippen MR) is 111 cm³/mol. The molecule has 1 atom stereocenters. The molecule has 4 rings (SSSR count). The summed E-state index contributed by atoms with van der Waals surface area (Å²) >= 11 is 0. The van der Waals surface area contributed by atoms with Gasteiger partial charge in [-0.2, -0.15) is 0 Å². The number of piperidine rings is 1. The molecule has 1 N–H and O–H groups in total. The van der Waals surface area contributed by atoms with Crippen molar-refractivity contribution < 1.29 is 23.5 Å². The molecule has 2 heterocycles. The Morgan fingerprint density at radius 2 is 1.71 bits per heavy atom. The summed E-state index contributed by atoms with van der Waals surface area (Å²) < 4.78 is 19.5. The SMILES string of the molecule is CC(C)(C)C(=O)N1CCC2(CC1)OC[C@@H](C(=O)NC1CC1)N2C(=O)c1ccc(F)cc1. The van der Waals surface area contributed by atoms with Crippen LogP contribution in [0.3, 0.4) is 0 Å². The summed E-state index contributed by atoms with van der Waals surface area (Å²) in [5.74, 6) is -0.951. The predicted octanol–water partition coefficient (Wildman–Crippen LogP) is 2.31. The van der Waals surface area contributed by atoms with Crippen molar-refractivity contribution in [3.8, 4) is 0 Å². The number of hydrogen-bond donors (Lipinski definition) is 1. The van der Waals surface area contributed by atoms with Gasteiger partial charge in [0.05, 0.1) is 6.61 Å². The van der Waals surface area contributed by atoms with E-state index in [4.69, 9.17) is 4.74 Å². The average Bonchev–Trinajstić information content (AvgIpc) is 3.47. The molecule has 7 nitrogen and oxygen atoms in total. The molecule has 1 aromatic carbocycles. The van der Waals surface area contributed by atoms with Crippen molar-refractivity contribution in [3.63, 3.8) is 0 Å². The monoisotopic (exact) mass is 431 g/mol. The van der Waals surface area contributed by atoms with Crippen LogP contribution in [0.2, 0.25) is 0 Å². The van der Waals surface area contributed by atoms with Crippen LogP contribution >= 0.6 is 0 Å². The summed E-state index contributed by atoms with van der Waals surface area (Å²) in [6.45, 7) is 6.65. The molecule has 3 amide bonds. The molecule has 0 unspecified atom stereocenters. The van der Waals surface area contributed by atoms with Gasteiger partial charge < -0.3 is 15.0 Å². The first-order valence-electron chi connectivity index (χ1n) is 10.9. The average molecular weight is 432 g/mol. The van der Waals surface area contributed by atoms with E-state index in [1.54, 1.807) is 4.90 Å². The van der Waals surface area contributed by atoms with Crippen molar-refractivity contribution >= 4 is 17.7 Å². The number of rotatable bonds is 3. The first-order chi connectivity index (χ1) is 14.6. The quantitative estimate of drug-likeness (QED) is 0.797. The van der Waals surface area contributed by atoms with Crippen LogP contribution in [0.15, 0.2) is 24.3 Å². The summed E-state index contributed by atoms with van der Waals surface area (Å²) in [5, 5.41) is 2.97. The topological polar surface area (TPSA) is 79.0 Å². The smallest absolute Gasteiger partial charge is 0.256 e. The molecule has 0 aromatic heterocycles. The van der Waals surface area contributed by atoms with Gasteiger partial charge in [-0.15, -0.1) is 0 Å². The zero-order valence-electron chi connectivity index (χ0n) is 18.3. The number of carbonyl (C=O) groups excluding carboxylic acids is 3. The Morgan fingerprint density at radius 3 is 2.26 bits per heavy atom. The van der Waals surface area contributed by atoms with Gasteiger partial charge in [-0.1, -0.05) is 20.8 Å². The van der Waals surface area contributed by atoms with Crippen LogP contribution in [0.25, 0.3) is 0 Å². The zero-order valence-corrected chi connectivity index (χ0v) is 18.3. The molecule has 1 spiro atoms. The molecule has 0 bridgehead atoms. The number of halogens is 1. The number of nitrogens with one attached hydrogen (secondary N) is 1. The lowest BCUT2D eigenvalue weighted by Crippen LogP contribution is -2.60. The van der Waals surface area contributed by atoms with E-state index in [0.29, 0.717) is 31.5 Å². The maximum absolute atomic E-state index is 13.5. The van der Waals surface area contributed by atoms with Gasteiger partial charge in [-0.05, 0) is 37.1 Å². The molecule has 1 aliphatic carbocycles. The van der Waals surface area contributed by atoms with E-state index >= 15 is 0 Å². The van der Waals surface area contributed by atoms with Crippen LogP contribution in [0, 0.1) is 11.2 Å². The molecular formula is C23H30FN3O4. The molecule has 0 radical (unpaired) electrons. The number of amides is 3. The second-order valence-corrected chi connectivity index (χ2v) is 9.78. The van der Waals surface area contributed by atoms with Gasteiger partial charge in [-0.25, -0.2) is 4.39 Å². The maximum atomic E-state index is 13.5. The van der Waals surface area contributed by atoms with Crippen LogP contribution in [-0.2, 0) is 14.3 Å². The standard InChI is InChI=1S/C23H30FN3O4/c1-22(2,3)21(30)26-12-10-23(11-13-26)27(20(29)15-4-6-16(24)7-5-15)18(14-31-23)19(28)25-17-8-9-17/h4-7,17-18H,8-14H2,1-3H3,(H,25,28)/t18-/m0/s1. The van der Waals surface area contributed by atoms with Crippen molar-refractivity contribution in [2.45, 2.75) is 64.3 Å². The third-order valence-electron chi connectivity index (χ3n) is 6.27. The highest BCUT2D eigenvalue weighted by atomic mass is 19.1. The van der Waals surface area contributed by atoms with Gasteiger partial charge in [0.15, 0.2) is 0 Å². The fourth-order valence-electron chi connectivity index (χ4n) is 4.36. The summed E-state index contributed by atoms with van der Waals surface area (Å²) in [5.41, 5.74) is -1.13. The summed E-state index contributed by atoms with van der Waals surface area (Å²) in [6.07, 6.45) is 2.74. The third kappa shape index (κ3) is 4.31. The number of carbonyl (C=O) groups is 3. The van der Waals surface area contributed by atoms with Crippen LogP contribution in [0.4, 0.5) is 4.39 Å². The molecular weight excluding hydrogens is 401 g/mol. The molecule has 2 saturated heterocycles. The van der Waals surface area contributed by atoms with Gasteiger partial charge in [0.2, 0.25) is 11.8 Å². The van der Waals surface area contributed by atoms with Gasteiger partial charge >= 0.3 is 0 Å². The molecule has 3 fully saturated rings. The fourth-order valence-corrected chi connectivity index (χ4v) is 4.36. The lowest BCUT2D eigenvalue weighted by Gasteiger charge is -2.45. The van der Waals surface area contributed by atoms with E-state index in [0.717, 1.165) is 12.8 Å². The fraction of sp³-hybridized carbons (Fsp3) is 0.609. The molecule has 31 heavy (non-hydrogen) atoms. The number of hydrogen-bond acceptors (Lipinski definition) is 4. The Morgan fingerprint density at radius 1 is 1.10 bits per heavy atom. The Labute approximate surface area is 181 Å². The lowest BCUT2D eigenvalue weighted by molar-refractivity contribution is -0.150. The number of benzene rings is 1. The van der Waals surface area contributed by atoms with Crippen LogP contribution in [0.1, 0.15) is 56.8 Å². The first kappa shape index (κ1) is 21.7. The van der Waals surface area contributed by atoms with Crippen molar-refractivity contribution in [3.05, 3.63) is 35.6 Å². The minimum Gasteiger partial charge on any atom is -0.353 e. The van der Waals surface area contributed by atoms with Crippen molar-refractivity contribution in [1.29, 1.82) is 0 Å². The number of nitrogens with zero attached hydrogens (tertiary/aromatic N) is 2. The zero-order chi connectivity index (χ0) is 22.4. The van der Waals surface area contributed by atoms with Gasteiger partial charge in [0, 0.05) is 43.0 Å². The summed E-state index contributed by atoms with van der Waals surface area (Å²) in [4.78, 5) is 42.4. The van der Waals surface area contributed by atoms with Crippen LogP contribution in [0.5, 0.6) is 0 Å². The van der Waals surface area contributed by atoms with Crippen LogP contribution in [-0.4, -0.2) is 65.0 Å². The first-order valence-corrected chi connectivity index (χ1v) is 10.9. The lowest BCUT2D eigenvalue weighted by atomic mass is 9.91. The van der Waals surface area contributed by atoms with Gasteiger partial charge in [0.25, 0.3) is 5.91 Å². The second-order valence-electron chi connectivity index (χ2n) is 9.78. The molecule has 168 valence electrons. The molecule has 8 heteroatoms. The Balaban J connectivity index is 1.58. The van der Waals surface area contributed by atoms with E-state index in [1.165, 1.54) is 29.2 Å². The molecule has 2 aliphatic heterocycles. The minimum absolute atomic E-state index is 0.0554. The van der Waals surface area contributed by atoms with Crippen molar-refractivity contribution in [2.24, 2.45) is 5.41 Å². The van der Waals surface area contributed by atoms with E-state index in [2.05, 4.69) is 5.32 Å². The van der Waals surface area contributed by atoms with Crippen molar-refractivity contribution in [1.82, 2.24) is 15.1 Å². The minimum atomic E-state index is -0.953. The normalized spacial score (nSPS) is 23.2. The second kappa shape index (κ2) is 7.89. The summed E-state index contributed by atoms with van der Waals surface area (Å²) in [7, 11) is 0. The van der Waals surface area contributed by atoms with Gasteiger partial charge in [-0.3, -0.25) is 19.3 Å². The highest BCUT2D eigenvalue weighted by Gasteiger charge is 2.54. The van der Waals surface area contributed by atoms with E-state index in [9.17, 15) is 18.8 Å². The van der Waals surface area contributed by atoms with E-state index in [-0.39, 0.29) is 30.4 Å². The Bertz CT molecular complexity index is 868. The maximum Gasteiger partial charge on any atom is 0.256 e. The number of likely N-dealkylation sites (tertiary alicyclic amines) is 1. The molecule has 3 aliphatic rings. The van der Waals surface area contributed by atoms with Crippen LogP contribution < -0.4 is 5.32 Å². The molecule has 1 saturated carbocycles. The van der Waals surface area contributed by atoms with Gasteiger partial charge in [0.1, 0.15) is 17.6 Å². The molecule has 1 aromatic rings. The third-order valence-corrected chi connectivity index (χ3v) is 6.27.